The van der Waals surface area contributed by atoms with Crippen LogP contribution in [0.25, 0.3) is 0 Å². The average Bonchev–Trinajstić information content (AvgIpc) is 3.01. The van der Waals surface area contributed by atoms with Crippen molar-refractivity contribution < 1.29 is 27.1 Å². The molecule has 0 aliphatic carbocycles. The smallest absolute Gasteiger partial charge is 0.330 e. The largest absolute Gasteiger partial charge is 0.370 e. The Morgan fingerprint density at radius 1 is 1.36 bits per heavy atom. The molecule has 2 N–H and O–H groups in total. The predicted octanol–water partition coefficient (Wildman–Crippen LogP) is 3.16. The fourth-order valence-electron chi connectivity index (χ4n) is 2.36. The third-order valence-electron chi connectivity index (χ3n) is 3.69. The number of carbonyl (C=O) groups excluding carboxylic acids is 1. The van der Waals surface area contributed by atoms with Crippen LogP contribution in [0.5, 0.6) is 0 Å². The molecule has 28 heavy (non-hydrogen) atoms. The van der Waals surface area contributed by atoms with E-state index in [1.165, 1.54) is 6.07 Å². The molecule has 0 fully saturated rings. The molecule has 1 atom stereocenters. The van der Waals surface area contributed by atoms with Gasteiger partial charge in [-0.05, 0) is 24.7 Å². The number of aryl methyl sites for hydroxylation is 1. The Balaban J connectivity index is 0.00000392. The minimum Gasteiger partial charge on any atom is -0.370 e. The van der Waals surface area contributed by atoms with Crippen LogP contribution in [-0.2, 0) is 23.2 Å². The van der Waals surface area contributed by atoms with Gasteiger partial charge < -0.3 is 15.4 Å². The van der Waals surface area contributed by atoms with Gasteiger partial charge in [-0.15, -0.1) is 12.4 Å². The Morgan fingerprint density at radius 2 is 2.07 bits per heavy atom. The fourth-order valence-corrected chi connectivity index (χ4v) is 2.36. The van der Waals surface area contributed by atoms with E-state index in [9.17, 15) is 22.4 Å². The first-order chi connectivity index (χ1) is 12.7. The van der Waals surface area contributed by atoms with Crippen LogP contribution < -0.4 is 10.6 Å². The molecule has 1 aromatic carbocycles. The number of rotatable bonds is 9. The molecule has 0 spiro atoms. The van der Waals surface area contributed by atoms with Gasteiger partial charge in [0.15, 0.2) is 0 Å². The molecular formula is C17H21ClF4N4O2. The third kappa shape index (κ3) is 6.47. The lowest BCUT2D eigenvalue weighted by molar-refractivity contribution is -0.168. The van der Waals surface area contributed by atoms with E-state index in [1.54, 1.807) is 49.4 Å². The van der Waals surface area contributed by atoms with E-state index in [0.717, 1.165) is 0 Å². The molecule has 1 aromatic heterocycles. The molecule has 11 heteroatoms. The summed E-state index contributed by atoms with van der Waals surface area (Å²) in [5.74, 6) is -4.54. The number of likely N-dealkylation sites (N-methyl/N-ethyl adjacent to an activating group) is 1. The summed E-state index contributed by atoms with van der Waals surface area (Å²) in [5.41, 5.74) is 1.55. The molecule has 0 bridgehead atoms. The molecule has 0 saturated heterocycles. The molecule has 1 unspecified atom stereocenters. The number of aromatic nitrogens is 2. The zero-order valence-electron chi connectivity index (χ0n) is 15.2. The number of nitrogens with zero attached hydrogens (tertiary/aromatic N) is 2. The van der Waals surface area contributed by atoms with Crippen LogP contribution >= 0.6 is 12.4 Å². The molecule has 0 aliphatic rings. The molecular weight excluding hydrogens is 404 g/mol. The first kappa shape index (κ1) is 23.9. The van der Waals surface area contributed by atoms with E-state index < -0.39 is 25.0 Å². The normalized spacial score (nSPS) is 12.5. The highest BCUT2D eigenvalue weighted by molar-refractivity contribution is 5.95. The second-order valence-corrected chi connectivity index (χ2v) is 5.91. The lowest BCUT2D eigenvalue weighted by Gasteiger charge is -2.16. The molecule has 0 radical (unpaired) electrons. The minimum atomic E-state index is -4.20. The van der Waals surface area contributed by atoms with Gasteiger partial charge in [-0.25, -0.2) is 8.78 Å². The van der Waals surface area contributed by atoms with Crippen molar-refractivity contribution in [3.63, 3.8) is 0 Å². The third-order valence-corrected chi connectivity index (χ3v) is 3.69. The Labute approximate surface area is 165 Å². The summed E-state index contributed by atoms with van der Waals surface area (Å²) < 4.78 is 56.2. The number of carbonyl (C=O) groups is 1. The summed E-state index contributed by atoms with van der Waals surface area (Å²) in [6.07, 6.45) is -0.517. The Kier molecular flexibility index (Phi) is 8.86. The summed E-state index contributed by atoms with van der Waals surface area (Å²) in [6, 6.07) is 5.67. The molecule has 6 nitrogen and oxygen atoms in total. The standard InChI is InChI=1S/C17H20F4N4O2.ClH/c1-22-14(12-7-23-25(2)8-12)15(26)24-13-5-3-4-11(6-13)9-27-10-17(20,21)16(18)19;/h3-8,14,16,22H,9-10H2,1-2H3,(H,24,26);1H. The van der Waals surface area contributed by atoms with E-state index in [2.05, 4.69) is 20.5 Å². The zero-order chi connectivity index (χ0) is 20.0. The number of ether oxygens (including phenoxy) is 1. The maximum atomic E-state index is 12.8. The zero-order valence-corrected chi connectivity index (χ0v) is 16.0. The van der Waals surface area contributed by atoms with Crippen molar-refractivity contribution >= 4 is 24.0 Å². The minimum absolute atomic E-state index is 0. The first-order valence-corrected chi connectivity index (χ1v) is 8.02. The highest BCUT2D eigenvalue weighted by Gasteiger charge is 2.40. The number of hydrogen-bond donors (Lipinski definition) is 2. The molecule has 0 aliphatic heterocycles. The lowest BCUT2D eigenvalue weighted by Crippen LogP contribution is -2.32. The molecule has 1 amide bonds. The van der Waals surface area contributed by atoms with Gasteiger partial charge in [-0.3, -0.25) is 9.48 Å². The first-order valence-electron chi connectivity index (χ1n) is 8.02. The van der Waals surface area contributed by atoms with Crippen LogP contribution in [0, 0.1) is 0 Å². The Morgan fingerprint density at radius 3 is 2.64 bits per heavy atom. The van der Waals surface area contributed by atoms with E-state index in [1.807, 2.05) is 0 Å². The van der Waals surface area contributed by atoms with Crippen LogP contribution in [0.2, 0.25) is 0 Å². The van der Waals surface area contributed by atoms with Crippen molar-refractivity contribution in [3.05, 3.63) is 47.8 Å². The van der Waals surface area contributed by atoms with Gasteiger partial charge in [-0.1, -0.05) is 12.1 Å². The average molecular weight is 425 g/mol. The summed E-state index contributed by atoms with van der Waals surface area (Å²) in [5, 5.41) is 9.61. The fraction of sp³-hybridized carbons (Fsp3) is 0.412. The van der Waals surface area contributed by atoms with Crippen LogP contribution in [0.3, 0.4) is 0 Å². The SMILES string of the molecule is CNC(C(=O)Nc1cccc(COCC(F)(F)C(F)F)c1)c1cnn(C)c1.Cl. The summed E-state index contributed by atoms with van der Waals surface area (Å²) >= 11 is 0. The Hall–Kier alpha value is -2.17. The summed E-state index contributed by atoms with van der Waals surface area (Å²) in [6.45, 7) is -1.67. The van der Waals surface area contributed by atoms with Gasteiger partial charge in [0.1, 0.15) is 12.6 Å². The monoisotopic (exact) mass is 424 g/mol. The number of alkyl halides is 4. The van der Waals surface area contributed by atoms with Gasteiger partial charge >= 0.3 is 12.3 Å². The highest BCUT2D eigenvalue weighted by atomic mass is 35.5. The molecule has 1 heterocycles. The topological polar surface area (TPSA) is 68.2 Å². The van der Waals surface area contributed by atoms with Gasteiger partial charge in [0.05, 0.1) is 12.8 Å². The van der Waals surface area contributed by atoms with E-state index in [0.29, 0.717) is 16.8 Å². The summed E-state index contributed by atoms with van der Waals surface area (Å²) in [7, 11) is 3.36. The maximum Gasteiger partial charge on any atom is 0.330 e. The molecule has 0 saturated carbocycles. The predicted molar refractivity (Wildman–Crippen MR) is 97.9 cm³/mol. The van der Waals surface area contributed by atoms with Crippen LogP contribution in [0.1, 0.15) is 17.2 Å². The van der Waals surface area contributed by atoms with Crippen LogP contribution in [0.4, 0.5) is 23.2 Å². The Bertz CT molecular complexity index is 773. The number of halogens is 5. The van der Waals surface area contributed by atoms with Crippen molar-refractivity contribution in [3.8, 4) is 0 Å². The number of anilines is 1. The van der Waals surface area contributed by atoms with Crippen molar-refractivity contribution in [2.24, 2.45) is 7.05 Å². The van der Waals surface area contributed by atoms with E-state index in [-0.39, 0.29) is 24.9 Å². The van der Waals surface area contributed by atoms with E-state index in [4.69, 9.17) is 0 Å². The second-order valence-electron chi connectivity index (χ2n) is 5.91. The van der Waals surface area contributed by atoms with Crippen molar-refractivity contribution in [1.82, 2.24) is 15.1 Å². The van der Waals surface area contributed by atoms with Crippen LogP contribution in [-0.4, -0.2) is 41.7 Å². The molecule has 156 valence electrons. The molecule has 2 aromatic rings. The quantitative estimate of drug-likeness (QED) is 0.607. The van der Waals surface area contributed by atoms with Crippen molar-refractivity contribution in [2.75, 3.05) is 19.0 Å². The summed E-state index contributed by atoms with van der Waals surface area (Å²) in [4.78, 5) is 12.5. The molecule has 2 rings (SSSR count). The second kappa shape index (κ2) is 10.4. The number of benzene rings is 1. The van der Waals surface area contributed by atoms with Gasteiger partial charge in [-0.2, -0.15) is 13.9 Å². The number of hydrogen-bond acceptors (Lipinski definition) is 4. The van der Waals surface area contributed by atoms with E-state index >= 15 is 0 Å². The van der Waals surface area contributed by atoms with Crippen molar-refractivity contribution in [2.45, 2.75) is 25.0 Å². The van der Waals surface area contributed by atoms with Gasteiger partial charge in [0, 0.05) is 24.5 Å². The van der Waals surface area contributed by atoms with Gasteiger partial charge in [0.2, 0.25) is 5.91 Å². The van der Waals surface area contributed by atoms with Crippen LogP contribution in [0.15, 0.2) is 36.7 Å². The number of nitrogens with one attached hydrogen (secondary N) is 2. The van der Waals surface area contributed by atoms with Gasteiger partial charge in [0.25, 0.3) is 0 Å². The van der Waals surface area contributed by atoms with Crippen molar-refractivity contribution in [1.29, 1.82) is 0 Å². The lowest BCUT2D eigenvalue weighted by atomic mass is 10.1. The highest BCUT2D eigenvalue weighted by Crippen LogP contribution is 2.23. The maximum absolute atomic E-state index is 12.8. The number of amides is 1.